The number of carbonyl (C=O) groups excluding carboxylic acids is 1. The number of amides is 1. The van der Waals surface area contributed by atoms with Gasteiger partial charge in [0.2, 0.25) is 0 Å². The van der Waals surface area contributed by atoms with Crippen LogP contribution in [-0.4, -0.2) is 51.1 Å². The van der Waals surface area contributed by atoms with E-state index in [1.807, 2.05) is 19.9 Å². The Morgan fingerprint density at radius 1 is 1.25 bits per heavy atom. The van der Waals surface area contributed by atoms with Gasteiger partial charge in [-0.25, -0.2) is 4.39 Å². The average molecular weight is 557 g/mol. The molecule has 1 unspecified atom stereocenters. The Morgan fingerprint density at radius 2 is 2.03 bits per heavy atom. The molecule has 1 fully saturated rings. The SMILES string of the molecule is CN=C(NCCCNC(=O)c1occc1C)NC1CCCN(c2cc(C)ccc2F)C1.I. The van der Waals surface area contributed by atoms with Crippen molar-refractivity contribution in [3.63, 3.8) is 0 Å². The Balaban J connectivity index is 0.00000363. The second-order valence-electron chi connectivity index (χ2n) is 7.93. The van der Waals surface area contributed by atoms with Crippen molar-refractivity contribution in [2.45, 2.75) is 39.2 Å². The van der Waals surface area contributed by atoms with Crippen LogP contribution in [0, 0.1) is 19.7 Å². The number of aryl methyl sites for hydroxylation is 2. The highest BCUT2D eigenvalue weighted by Crippen LogP contribution is 2.24. The number of furan rings is 1. The maximum absolute atomic E-state index is 14.3. The highest BCUT2D eigenvalue weighted by molar-refractivity contribution is 14.0. The van der Waals surface area contributed by atoms with Gasteiger partial charge in [0.1, 0.15) is 5.82 Å². The van der Waals surface area contributed by atoms with Gasteiger partial charge in [0, 0.05) is 44.8 Å². The van der Waals surface area contributed by atoms with E-state index in [2.05, 4.69) is 25.8 Å². The quantitative estimate of drug-likeness (QED) is 0.210. The average Bonchev–Trinajstić information content (AvgIpc) is 3.20. The van der Waals surface area contributed by atoms with Crippen molar-refractivity contribution in [3.05, 3.63) is 53.2 Å². The largest absolute Gasteiger partial charge is 0.459 e. The van der Waals surface area contributed by atoms with Gasteiger partial charge in [-0.15, -0.1) is 24.0 Å². The molecule has 1 saturated heterocycles. The minimum Gasteiger partial charge on any atom is -0.459 e. The molecule has 1 aliphatic rings. The van der Waals surface area contributed by atoms with E-state index < -0.39 is 0 Å². The lowest BCUT2D eigenvalue weighted by Gasteiger charge is -2.35. The molecule has 0 radical (unpaired) electrons. The van der Waals surface area contributed by atoms with E-state index in [-0.39, 0.29) is 41.7 Å². The van der Waals surface area contributed by atoms with E-state index in [0.29, 0.717) is 30.5 Å². The van der Waals surface area contributed by atoms with Crippen LogP contribution >= 0.6 is 24.0 Å². The van der Waals surface area contributed by atoms with Gasteiger partial charge in [-0.3, -0.25) is 9.79 Å². The Hall–Kier alpha value is -2.30. The van der Waals surface area contributed by atoms with Gasteiger partial charge in [-0.1, -0.05) is 6.07 Å². The molecule has 2 heterocycles. The van der Waals surface area contributed by atoms with Gasteiger partial charge in [0.05, 0.1) is 12.0 Å². The van der Waals surface area contributed by atoms with Crippen LogP contribution in [0.4, 0.5) is 10.1 Å². The lowest BCUT2D eigenvalue weighted by Crippen LogP contribution is -2.51. The number of piperidine rings is 1. The fourth-order valence-electron chi connectivity index (χ4n) is 3.75. The standard InChI is InChI=1S/C23H32FN5O2.HI/c1-16-7-8-19(24)20(14-16)29-12-4-6-18(15-29)28-23(25-3)27-11-5-10-26-22(30)21-17(2)9-13-31-21;/h7-9,13-14,18H,4-6,10-12,15H2,1-3H3,(H,26,30)(H2,25,27,28);1H. The number of nitrogens with zero attached hydrogens (tertiary/aromatic N) is 2. The van der Waals surface area contributed by atoms with Crippen LogP contribution in [-0.2, 0) is 0 Å². The Labute approximate surface area is 206 Å². The summed E-state index contributed by atoms with van der Waals surface area (Å²) >= 11 is 0. The van der Waals surface area contributed by atoms with Crippen molar-refractivity contribution < 1.29 is 13.6 Å². The Kier molecular flexibility index (Phi) is 10.3. The molecule has 1 aromatic heterocycles. The molecule has 1 atom stereocenters. The Morgan fingerprint density at radius 3 is 2.75 bits per heavy atom. The molecular weight excluding hydrogens is 524 g/mol. The number of halogens is 2. The van der Waals surface area contributed by atoms with Crippen LogP contribution in [0.5, 0.6) is 0 Å². The summed E-state index contributed by atoms with van der Waals surface area (Å²) in [6, 6.07) is 7.19. The van der Waals surface area contributed by atoms with Gasteiger partial charge < -0.3 is 25.3 Å². The first-order chi connectivity index (χ1) is 15.0. The topological polar surface area (TPSA) is 81.9 Å². The second kappa shape index (κ2) is 12.7. The first kappa shape index (κ1) is 26.0. The smallest absolute Gasteiger partial charge is 0.287 e. The summed E-state index contributed by atoms with van der Waals surface area (Å²) in [5.74, 6) is 0.693. The number of benzene rings is 1. The molecule has 2 aromatic rings. The molecule has 0 aliphatic carbocycles. The molecule has 0 spiro atoms. The van der Waals surface area contributed by atoms with Crippen molar-refractivity contribution in [2.24, 2.45) is 4.99 Å². The van der Waals surface area contributed by atoms with Gasteiger partial charge in [0.15, 0.2) is 11.7 Å². The van der Waals surface area contributed by atoms with Gasteiger partial charge >= 0.3 is 0 Å². The van der Waals surface area contributed by atoms with Crippen LogP contribution in [0.25, 0.3) is 0 Å². The minimum absolute atomic E-state index is 0. The molecule has 7 nitrogen and oxygen atoms in total. The van der Waals surface area contributed by atoms with Gasteiger partial charge in [0.25, 0.3) is 5.91 Å². The van der Waals surface area contributed by atoms with E-state index >= 15 is 0 Å². The van der Waals surface area contributed by atoms with Crippen LogP contribution in [0.15, 0.2) is 39.9 Å². The third-order valence-electron chi connectivity index (χ3n) is 5.43. The third-order valence-corrected chi connectivity index (χ3v) is 5.43. The van der Waals surface area contributed by atoms with E-state index in [0.717, 1.165) is 43.5 Å². The first-order valence-corrected chi connectivity index (χ1v) is 10.8. The van der Waals surface area contributed by atoms with Crippen LogP contribution in [0.3, 0.4) is 0 Å². The molecule has 9 heteroatoms. The van der Waals surface area contributed by atoms with E-state index in [1.165, 1.54) is 12.3 Å². The lowest BCUT2D eigenvalue weighted by atomic mass is 10.0. The number of rotatable bonds is 7. The minimum atomic E-state index is -0.198. The third kappa shape index (κ3) is 7.11. The first-order valence-electron chi connectivity index (χ1n) is 10.8. The summed E-state index contributed by atoms with van der Waals surface area (Å²) in [5, 5.41) is 9.58. The maximum atomic E-state index is 14.3. The number of hydrogen-bond acceptors (Lipinski definition) is 4. The van der Waals surface area contributed by atoms with E-state index in [4.69, 9.17) is 4.42 Å². The molecule has 32 heavy (non-hydrogen) atoms. The molecule has 176 valence electrons. The second-order valence-corrected chi connectivity index (χ2v) is 7.93. The monoisotopic (exact) mass is 557 g/mol. The number of aliphatic imine (C=N–C) groups is 1. The summed E-state index contributed by atoms with van der Waals surface area (Å²) in [7, 11) is 1.73. The van der Waals surface area contributed by atoms with Crippen LogP contribution < -0.4 is 20.9 Å². The summed E-state index contributed by atoms with van der Waals surface area (Å²) in [5.41, 5.74) is 2.54. The zero-order valence-electron chi connectivity index (χ0n) is 18.9. The highest BCUT2D eigenvalue weighted by Gasteiger charge is 2.23. The molecule has 1 amide bonds. The molecule has 3 N–H and O–H groups in total. The summed E-state index contributed by atoms with van der Waals surface area (Å²) in [4.78, 5) is 18.4. The normalized spacial score (nSPS) is 16.3. The lowest BCUT2D eigenvalue weighted by molar-refractivity contribution is 0.0925. The summed E-state index contributed by atoms with van der Waals surface area (Å²) < 4.78 is 19.5. The number of nitrogens with one attached hydrogen (secondary N) is 3. The molecule has 1 aliphatic heterocycles. The van der Waals surface area contributed by atoms with Crippen LogP contribution in [0.1, 0.15) is 40.9 Å². The number of anilines is 1. The molecule has 3 rings (SSSR count). The Bertz CT molecular complexity index is 918. The van der Waals surface area contributed by atoms with E-state index in [1.54, 1.807) is 19.2 Å². The number of guanidine groups is 1. The highest BCUT2D eigenvalue weighted by atomic mass is 127. The molecule has 0 bridgehead atoms. The zero-order valence-corrected chi connectivity index (χ0v) is 21.2. The van der Waals surface area contributed by atoms with Crippen molar-refractivity contribution in [2.75, 3.05) is 38.1 Å². The number of carbonyl (C=O) groups is 1. The van der Waals surface area contributed by atoms with Gasteiger partial charge in [-0.05, 0) is 56.9 Å². The van der Waals surface area contributed by atoms with Crippen molar-refractivity contribution in [3.8, 4) is 0 Å². The molecular formula is C23H33FIN5O2. The summed E-state index contributed by atoms with van der Waals surface area (Å²) in [6.07, 6.45) is 4.25. The maximum Gasteiger partial charge on any atom is 0.287 e. The van der Waals surface area contributed by atoms with Crippen molar-refractivity contribution in [1.29, 1.82) is 0 Å². The fourth-order valence-corrected chi connectivity index (χ4v) is 3.75. The van der Waals surface area contributed by atoms with Crippen molar-refractivity contribution in [1.82, 2.24) is 16.0 Å². The van der Waals surface area contributed by atoms with Crippen molar-refractivity contribution >= 4 is 41.5 Å². The fraction of sp³-hybridized carbons (Fsp3) is 0.478. The predicted octanol–water partition coefficient (Wildman–Crippen LogP) is 3.61. The zero-order chi connectivity index (χ0) is 22.2. The van der Waals surface area contributed by atoms with Crippen LogP contribution in [0.2, 0.25) is 0 Å². The molecule has 0 saturated carbocycles. The predicted molar refractivity (Wildman–Crippen MR) is 137 cm³/mol. The molecule has 1 aromatic carbocycles. The van der Waals surface area contributed by atoms with E-state index in [9.17, 15) is 9.18 Å². The number of hydrogen-bond donors (Lipinski definition) is 3. The summed E-state index contributed by atoms with van der Waals surface area (Å²) in [6.45, 7) is 6.59. The van der Waals surface area contributed by atoms with Gasteiger partial charge in [-0.2, -0.15) is 0 Å².